The molecule has 1 aliphatic heterocycles. The van der Waals surface area contributed by atoms with E-state index in [0.717, 1.165) is 18.9 Å². The Hall–Kier alpha value is -1.69. The first kappa shape index (κ1) is 15.7. The van der Waals surface area contributed by atoms with E-state index in [1.807, 2.05) is 18.7 Å². The number of halogens is 2. The first-order chi connectivity index (χ1) is 9.99. The SMILES string of the molecule is CCC1CN(c2ccc(C(=O)O)c(F)c2F)C(CC)CN1. The van der Waals surface area contributed by atoms with E-state index in [9.17, 15) is 13.6 Å². The Morgan fingerprint density at radius 3 is 2.62 bits per heavy atom. The van der Waals surface area contributed by atoms with Crippen LogP contribution in [0.2, 0.25) is 0 Å². The average Bonchev–Trinajstić information content (AvgIpc) is 2.49. The van der Waals surface area contributed by atoms with Crippen LogP contribution in [0.5, 0.6) is 0 Å². The van der Waals surface area contributed by atoms with E-state index in [4.69, 9.17) is 5.11 Å². The molecule has 1 aromatic carbocycles. The summed E-state index contributed by atoms with van der Waals surface area (Å²) in [5, 5.41) is 12.2. The molecule has 2 unspecified atom stereocenters. The first-order valence-corrected chi connectivity index (χ1v) is 7.20. The molecule has 0 saturated carbocycles. The van der Waals surface area contributed by atoms with Crippen LogP contribution in [0.4, 0.5) is 14.5 Å². The molecule has 21 heavy (non-hydrogen) atoms. The second kappa shape index (κ2) is 6.39. The maximum atomic E-state index is 14.2. The lowest BCUT2D eigenvalue weighted by atomic mass is 10.0. The predicted octanol–water partition coefficient (Wildman–Crippen LogP) is 2.63. The van der Waals surface area contributed by atoms with Gasteiger partial charge in [-0.2, -0.15) is 0 Å². The number of piperazine rings is 1. The molecule has 1 saturated heterocycles. The van der Waals surface area contributed by atoms with Gasteiger partial charge in [0.1, 0.15) is 0 Å². The van der Waals surface area contributed by atoms with Crippen molar-refractivity contribution in [3.05, 3.63) is 29.3 Å². The van der Waals surface area contributed by atoms with Gasteiger partial charge in [-0.25, -0.2) is 13.6 Å². The van der Waals surface area contributed by atoms with E-state index in [-0.39, 0.29) is 17.8 Å². The lowest BCUT2D eigenvalue weighted by Gasteiger charge is -2.41. The summed E-state index contributed by atoms with van der Waals surface area (Å²) in [6.07, 6.45) is 1.69. The molecular weight excluding hydrogens is 278 g/mol. The highest BCUT2D eigenvalue weighted by atomic mass is 19.2. The van der Waals surface area contributed by atoms with Gasteiger partial charge >= 0.3 is 5.97 Å². The second-order valence-electron chi connectivity index (χ2n) is 5.29. The summed E-state index contributed by atoms with van der Waals surface area (Å²) < 4.78 is 28.1. The van der Waals surface area contributed by atoms with Gasteiger partial charge in [0.25, 0.3) is 0 Å². The van der Waals surface area contributed by atoms with Gasteiger partial charge in [0.2, 0.25) is 0 Å². The molecule has 0 bridgehead atoms. The normalized spacial score (nSPS) is 22.4. The summed E-state index contributed by atoms with van der Waals surface area (Å²) in [7, 11) is 0. The molecule has 0 radical (unpaired) electrons. The van der Waals surface area contributed by atoms with Crippen LogP contribution in [0, 0.1) is 11.6 Å². The molecule has 1 aliphatic rings. The van der Waals surface area contributed by atoms with Gasteiger partial charge in [0, 0.05) is 25.2 Å². The Morgan fingerprint density at radius 2 is 2.05 bits per heavy atom. The Balaban J connectivity index is 2.39. The van der Waals surface area contributed by atoms with Crippen LogP contribution in [0.1, 0.15) is 37.0 Å². The molecule has 2 N–H and O–H groups in total. The quantitative estimate of drug-likeness (QED) is 0.897. The van der Waals surface area contributed by atoms with E-state index in [1.165, 1.54) is 6.07 Å². The van der Waals surface area contributed by atoms with E-state index >= 15 is 0 Å². The zero-order chi connectivity index (χ0) is 15.6. The Kier molecular flexibility index (Phi) is 4.77. The van der Waals surface area contributed by atoms with Crippen LogP contribution >= 0.6 is 0 Å². The molecule has 1 heterocycles. The number of carboxylic acid groups (broad SMARTS) is 1. The summed E-state index contributed by atoms with van der Waals surface area (Å²) in [6, 6.07) is 2.78. The minimum absolute atomic E-state index is 0.0670. The highest BCUT2D eigenvalue weighted by Crippen LogP contribution is 2.28. The van der Waals surface area contributed by atoms with E-state index < -0.39 is 23.2 Å². The minimum Gasteiger partial charge on any atom is -0.478 e. The van der Waals surface area contributed by atoms with Crippen molar-refractivity contribution >= 4 is 11.7 Å². The maximum absolute atomic E-state index is 14.2. The average molecular weight is 298 g/mol. The predicted molar refractivity (Wildman–Crippen MR) is 76.8 cm³/mol. The third-order valence-electron chi connectivity index (χ3n) is 4.07. The van der Waals surface area contributed by atoms with Crippen molar-refractivity contribution in [3.63, 3.8) is 0 Å². The molecule has 0 spiro atoms. The van der Waals surface area contributed by atoms with Crippen LogP contribution < -0.4 is 10.2 Å². The highest BCUT2D eigenvalue weighted by Gasteiger charge is 2.29. The number of nitrogens with one attached hydrogen (secondary N) is 1. The van der Waals surface area contributed by atoms with Crippen molar-refractivity contribution in [3.8, 4) is 0 Å². The summed E-state index contributed by atoms with van der Waals surface area (Å²) >= 11 is 0. The third-order valence-corrected chi connectivity index (χ3v) is 4.07. The van der Waals surface area contributed by atoms with Crippen molar-refractivity contribution < 1.29 is 18.7 Å². The Morgan fingerprint density at radius 1 is 1.33 bits per heavy atom. The van der Waals surface area contributed by atoms with Gasteiger partial charge in [0.05, 0.1) is 11.3 Å². The fourth-order valence-corrected chi connectivity index (χ4v) is 2.72. The maximum Gasteiger partial charge on any atom is 0.338 e. The van der Waals surface area contributed by atoms with Gasteiger partial charge in [-0.15, -0.1) is 0 Å². The molecule has 1 fully saturated rings. The van der Waals surface area contributed by atoms with E-state index in [0.29, 0.717) is 13.1 Å². The lowest BCUT2D eigenvalue weighted by Crippen LogP contribution is -2.56. The Labute approximate surface area is 122 Å². The molecular formula is C15H20F2N2O2. The van der Waals surface area contributed by atoms with E-state index in [2.05, 4.69) is 5.32 Å². The summed E-state index contributed by atoms with van der Waals surface area (Å²) in [5.74, 6) is -3.83. The number of carbonyl (C=O) groups is 1. The smallest absolute Gasteiger partial charge is 0.338 e. The fraction of sp³-hybridized carbons (Fsp3) is 0.533. The zero-order valence-electron chi connectivity index (χ0n) is 12.2. The zero-order valence-corrected chi connectivity index (χ0v) is 12.2. The van der Waals surface area contributed by atoms with Crippen LogP contribution in [0.3, 0.4) is 0 Å². The summed E-state index contributed by atoms with van der Waals surface area (Å²) in [4.78, 5) is 12.7. The van der Waals surface area contributed by atoms with Crippen LogP contribution in [-0.2, 0) is 0 Å². The third kappa shape index (κ3) is 3.00. The number of rotatable bonds is 4. The number of benzene rings is 1. The van der Waals surface area contributed by atoms with Gasteiger partial charge in [0.15, 0.2) is 11.6 Å². The summed E-state index contributed by atoms with van der Waals surface area (Å²) in [5.41, 5.74) is -0.490. The van der Waals surface area contributed by atoms with Crippen LogP contribution in [-0.4, -0.2) is 36.2 Å². The van der Waals surface area contributed by atoms with Crippen molar-refractivity contribution in [1.29, 1.82) is 0 Å². The number of hydrogen-bond donors (Lipinski definition) is 2. The molecule has 4 nitrogen and oxygen atoms in total. The van der Waals surface area contributed by atoms with Crippen molar-refractivity contribution in [2.24, 2.45) is 0 Å². The number of anilines is 1. The minimum atomic E-state index is -1.46. The molecule has 116 valence electrons. The summed E-state index contributed by atoms with van der Waals surface area (Å²) in [6.45, 7) is 5.31. The largest absolute Gasteiger partial charge is 0.478 e. The molecule has 2 rings (SSSR count). The fourth-order valence-electron chi connectivity index (χ4n) is 2.72. The van der Waals surface area contributed by atoms with E-state index in [1.54, 1.807) is 0 Å². The van der Waals surface area contributed by atoms with Crippen molar-refractivity contribution in [1.82, 2.24) is 5.32 Å². The monoisotopic (exact) mass is 298 g/mol. The standard InChI is InChI=1S/C15H20F2N2O2/c1-3-9-8-19(10(4-2)7-18-9)12-6-5-11(15(20)21)13(16)14(12)17/h5-6,9-10,18H,3-4,7-8H2,1-2H3,(H,20,21). The molecule has 0 amide bonds. The molecule has 6 heteroatoms. The number of nitrogens with zero attached hydrogens (tertiary/aromatic N) is 1. The number of hydrogen-bond acceptors (Lipinski definition) is 3. The van der Waals surface area contributed by atoms with Gasteiger partial charge in [-0.3, -0.25) is 0 Å². The highest BCUT2D eigenvalue weighted by molar-refractivity contribution is 5.88. The first-order valence-electron chi connectivity index (χ1n) is 7.20. The van der Waals surface area contributed by atoms with Crippen LogP contribution in [0.15, 0.2) is 12.1 Å². The molecule has 2 atom stereocenters. The van der Waals surface area contributed by atoms with Gasteiger partial charge in [-0.05, 0) is 25.0 Å². The van der Waals surface area contributed by atoms with Crippen molar-refractivity contribution in [2.45, 2.75) is 38.8 Å². The second-order valence-corrected chi connectivity index (χ2v) is 5.29. The Bertz CT molecular complexity index is 537. The van der Waals surface area contributed by atoms with Crippen LogP contribution in [0.25, 0.3) is 0 Å². The number of aromatic carboxylic acids is 1. The number of carboxylic acids is 1. The van der Waals surface area contributed by atoms with Crippen molar-refractivity contribution in [2.75, 3.05) is 18.0 Å². The molecule has 0 aromatic heterocycles. The lowest BCUT2D eigenvalue weighted by molar-refractivity contribution is 0.0690. The van der Waals surface area contributed by atoms with Gasteiger partial charge < -0.3 is 15.3 Å². The molecule has 0 aliphatic carbocycles. The van der Waals surface area contributed by atoms with Gasteiger partial charge in [-0.1, -0.05) is 13.8 Å². The topological polar surface area (TPSA) is 52.6 Å². The molecule has 1 aromatic rings.